The van der Waals surface area contributed by atoms with E-state index in [1.165, 1.54) is 0 Å². The van der Waals surface area contributed by atoms with Crippen molar-refractivity contribution in [3.63, 3.8) is 0 Å². The van der Waals surface area contributed by atoms with E-state index in [4.69, 9.17) is 10.00 Å². The number of carbonyl (C=O) groups is 1. The summed E-state index contributed by atoms with van der Waals surface area (Å²) in [5.74, 6) is 0.974. The number of ether oxygens (including phenoxy) is 1. The molecule has 0 spiro atoms. The highest BCUT2D eigenvalue weighted by Gasteiger charge is 2.16. The first-order chi connectivity index (χ1) is 9.29. The Bertz CT molecular complexity index is 479. The molecule has 1 fully saturated rings. The fraction of sp³-hybridized carbons (Fsp3) is 0.467. The minimum Gasteiger partial charge on any atom is -0.493 e. The summed E-state index contributed by atoms with van der Waals surface area (Å²) in [5.41, 5.74) is 0.601. The highest BCUT2D eigenvalue weighted by Crippen LogP contribution is 2.14. The lowest BCUT2D eigenvalue weighted by molar-refractivity contribution is -0.133. The molecule has 0 bridgehead atoms. The second kappa shape index (κ2) is 6.79. The highest BCUT2D eigenvalue weighted by molar-refractivity contribution is 5.76. The van der Waals surface area contributed by atoms with E-state index in [1.54, 1.807) is 12.1 Å². The summed E-state index contributed by atoms with van der Waals surface area (Å²) in [7, 11) is 0. The van der Waals surface area contributed by atoms with Crippen LogP contribution in [0.4, 0.5) is 0 Å². The number of nitrogens with zero attached hydrogens (tertiary/aromatic N) is 2. The van der Waals surface area contributed by atoms with Gasteiger partial charge in [0.1, 0.15) is 5.75 Å². The quantitative estimate of drug-likeness (QED) is 0.762. The summed E-state index contributed by atoms with van der Waals surface area (Å²) >= 11 is 0. The molecule has 4 nitrogen and oxygen atoms in total. The summed E-state index contributed by atoms with van der Waals surface area (Å²) in [6, 6.07) is 9.21. The third-order valence-electron chi connectivity index (χ3n) is 3.23. The topological polar surface area (TPSA) is 53.3 Å². The maximum atomic E-state index is 11.6. The molecule has 1 aliphatic heterocycles. The Kier molecular flexibility index (Phi) is 4.79. The van der Waals surface area contributed by atoms with Crippen LogP contribution in [-0.4, -0.2) is 30.5 Å². The van der Waals surface area contributed by atoms with E-state index in [2.05, 4.69) is 6.07 Å². The van der Waals surface area contributed by atoms with Crippen LogP contribution in [0.2, 0.25) is 0 Å². The van der Waals surface area contributed by atoms with Gasteiger partial charge in [0.15, 0.2) is 0 Å². The first-order valence-corrected chi connectivity index (χ1v) is 6.70. The predicted molar refractivity (Wildman–Crippen MR) is 71.7 cm³/mol. The number of piperidine rings is 1. The maximum Gasteiger partial charge on any atom is 0.222 e. The van der Waals surface area contributed by atoms with Gasteiger partial charge in [0, 0.05) is 19.5 Å². The molecule has 0 radical (unpaired) electrons. The maximum absolute atomic E-state index is 11.6. The van der Waals surface area contributed by atoms with E-state index in [1.807, 2.05) is 17.0 Å². The summed E-state index contributed by atoms with van der Waals surface area (Å²) in [6.45, 7) is 2.21. The third kappa shape index (κ3) is 3.99. The van der Waals surface area contributed by atoms with E-state index in [0.717, 1.165) is 32.4 Å². The summed E-state index contributed by atoms with van der Waals surface area (Å²) in [5, 5.41) is 8.78. The number of likely N-dealkylation sites (tertiary alicyclic amines) is 1. The first kappa shape index (κ1) is 13.4. The first-order valence-electron chi connectivity index (χ1n) is 6.70. The van der Waals surface area contributed by atoms with Gasteiger partial charge in [-0.2, -0.15) is 5.26 Å². The predicted octanol–water partition coefficient (Wildman–Crippen LogP) is 2.34. The largest absolute Gasteiger partial charge is 0.493 e. The molecule has 100 valence electrons. The van der Waals surface area contributed by atoms with Crippen molar-refractivity contribution >= 4 is 5.91 Å². The van der Waals surface area contributed by atoms with Gasteiger partial charge in [-0.15, -0.1) is 0 Å². The Labute approximate surface area is 113 Å². The Morgan fingerprint density at radius 3 is 3.05 bits per heavy atom. The minimum atomic E-state index is 0.262. The fourth-order valence-corrected chi connectivity index (χ4v) is 2.20. The number of hydrogen-bond donors (Lipinski definition) is 0. The van der Waals surface area contributed by atoms with Crippen LogP contribution in [0.5, 0.6) is 5.75 Å². The molecule has 1 saturated heterocycles. The third-order valence-corrected chi connectivity index (χ3v) is 3.23. The van der Waals surface area contributed by atoms with Gasteiger partial charge in [-0.1, -0.05) is 6.07 Å². The van der Waals surface area contributed by atoms with Crippen LogP contribution in [0, 0.1) is 11.3 Å². The van der Waals surface area contributed by atoms with Crippen molar-refractivity contribution in [3.05, 3.63) is 29.8 Å². The molecular formula is C15H18N2O2. The van der Waals surface area contributed by atoms with Gasteiger partial charge in [-0.25, -0.2) is 0 Å². The van der Waals surface area contributed by atoms with Crippen molar-refractivity contribution in [1.82, 2.24) is 4.90 Å². The van der Waals surface area contributed by atoms with Crippen LogP contribution in [0.1, 0.15) is 31.2 Å². The van der Waals surface area contributed by atoms with Gasteiger partial charge >= 0.3 is 0 Å². The van der Waals surface area contributed by atoms with Gasteiger partial charge in [0.25, 0.3) is 0 Å². The molecule has 1 aromatic rings. The van der Waals surface area contributed by atoms with Gasteiger partial charge < -0.3 is 9.64 Å². The van der Waals surface area contributed by atoms with Crippen LogP contribution in [0.3, 0.4) is 0 Å². The lowest BCUT2D eigenvalue weighted by atomic mass is 10.1. The number of amides is 1. The molecule has 2 rings (SSSR count). The van der Waals surface area contributed by atoms with E-state index >= 15 is 0 Å². The number of nitriles is 1. The van der Waals surface area contributed by atoms with Gasteiger partial charge in [-0.3, -0.25) is 4.79 Å². The minimum absolute atomic E-state index is 0.262. The molecule has 0 unspecified atom stereocenters. The van der Waals surface area contributed by atoms with Crippen molar-refractivity contribution in [2.45, 2.75) is 25.7 Å². The average Bonchev–Trinajstić information content (AvgIpc) is 2.45. The normalized spacial score (nSPS) is 15.1. The zero-order chi connectivity index (χ0) is 13.5. The number of hydrogen-bond acceptors (Lipinski definition) is 3. The molecule has 1 heterocycles. The highest BCUT2D eigenvalue weighted by atomic mass is 16.5. The molecular weight excluding hydrogens is 240 g/mol. The number of benzene rings is 1. The molecule has 0 aliphatic carbocycles. The Hall–Kier alpha value is -2.02. The van der Waals surface area contributed by atoms with Crippen molar-refractivity contribution in [2.24, 2.45) is 0 Å². The Balaban J connectivity index is 1.71. The molecule has 0 atom stereocenters. The SMILES string of the molecule is N#Cc1cccc(OCCCN2CCCCC2=O)c1. The van der Waals surface area contributed by atoms with Gasteiger partial charge in [0.2, 0.25) is 5.91 Å². The smallest absolute Gasteiger partial charge is 0.222 e. The Morgan fingerprint density at radius 2 is 2.26 bits per heavy atom. The molecule has 1 amide bonds. The van der Waals surface area contributed by atoms with E-state index in [-0.39, 0.29) is 5.91 Å². The standard InChI is InChI=1S/C15H18N2O2/c16-12-13-5-3-6-14(11-13)19-10-4-9-17-8-2-1-7-15(17)18/h3,5-6,11H,1-2,4,7-10H2. The molecule has 1 aliphatic rings. The van der Waals surface area contributed by atoms with Gasteiger partial charge in [-0.05, 0) is 37.5 Å². The molecule has 0 N–H and O–H groups in total. The van der Waals surface area contributed by atoms with Crippen LogP contribution < -0.4 is 4.74 Å². The number of rotatable bonds is 5. The van der Waals surface area contributed by atoms with E-state index < -0.39 is 0 Å². The van der Waals surface area contributed by atoms with Crippen molar-refractivity contribution in [2.75, 3.05) is 19.7 Å². The number of carbonyl (C=O) groups excluding carboxylic acids is 1. The van der Waals surface area contributed by atoms with Crippen LogP contribution in [0.15, 0.2) is 24.3 Å². The lowest BCUT2D eigenvalue weighted by Gasteiger charge is -2.26. The van der Waals surface area contributed by atoms with Crippen molar-refractivity contribution < 1.29 is 9.53 Å². The molecule has 4 heteroatoms. The van der Waals surface area contributed by atoms with Crippen molar-refractivity contribution in [1.29, 1.82) is 5.26 Å². The van der Waals surface area contributed by atoms with Crippen LogP contribution in [-0.2, 0) is 4.79 Å². The summed E-state index contributed by atoms with van der Waals surface area (Å²) in [4.78, 5) is 13.5. The molecule has 0 saturated carbocycles. The second-order valence-corrected chi connectivity index (χ2v) is 4.68. The zero-order valence-electron chi connectivity index (χ0n) is 11.0. The summed E-state index contributed by atoms with van der Waals surface area (Å²) in [6.07, 6.45) is 3.64. The average molecular weight is 258 g/mol. The second-order valence-electron chi connectivity index (χ2n) is 4.68. The molecule has 1 aromatic carbocycles. The van der Waals surface area contributed by atoms with Crippen LogP contribution >= 0.6 is 0 Å². The Morgan fingerprint density at radius 1 is 1.37 bits per heavy atom. The molecule has 0 aromatic heterocycles. The zero-order valence-corrected chi connectivity index (χ0v) is 11.0. The summed E-state index contributed by atoms with van der Waals surface area (Å²) < 4.78 is 5.59. The monoisotopic (exact) mass is 258 g/mol. The fourth-order valence-electron chi connectivity index (χ4n) is 2.20. The van der Waals surface area contributed by atoms with Crippen LogP contribution in [0.25, 0.3) is 0 Å². The van der Waals surface area contributed by atoms with E-state index in [0.29, 0.717) is 24.3 Å². The lowest BCUT2D eigenvalue weighted by Crippen LogP contribution is -2.36. The van der Waals surface area contributed by atoms with Crippen molar-refractivity contribution in [3.8, 4) is 11.8 Å². The molecule has 19 heavy (non-hydrogen) atoms. The van der Waals surface area contributed by atoms with E-state index in [9.17, 15) is 4.79 Å². The van der Waals surface area contributed by atoms with Gasteiger partial charge in [0.05, 0.1) is 18.2 Å².